The third-order valence-corrected chi connectivity index (χ3v) is 4.09. The van der Waals surface area contributed by atoms with Crippen LogP contribution in [0.1, 0.15) is 21.6 Å². The highest BCUT2D eigenvalue weighted by Crippen LogP contribution is 2.34. The van der Waals surface area contributed by atoms with Gasteiger partial charge in [-0.25, -0.2) is 4.68 Å². The topological polar surface area (TPSA) is 102 Å². The van der Waals surface area contributed by atoms with E-state index in [1.807, 2.05) is 18.2 Å². The standard InChI is InChI=1S/C18H14F3N5O3/c1-11-14(10-22-25(11)13-5-3-2-4-6-13)17(27)24-23-15-8-7-12(18(19,20)21)9-16(15)26(28)29/h2-10,23H,1H3,(H,24,27). The Bertz CT molecular complexity index is 1060. The Morgan fingerprint density at radius 1 is 1.17 bits per heavy atom. The van der Waals surface area contributed by atoms with Gasteiger partial charge in [0.15, 0.2) is 0 Å². The molecule has 0 aliphatic heterocycles. The molecule has 0 saturated carbocycles. The number of rotatable bonds is 5. The van der Waals surface area contributed by atoms with Crippen LogP contribution < -0.4 is 10.9 Å². The van der Waals surface area contributed by atoms with E-state index in [9.17, 15) is 28.1 Å². The molecule has 29 heavy (non-hydrogen) atoms. The lowest BCUT2D eigenvalue weighted by molar-refractivity contribution is -0.384. The molecule has 0 aliphatic carbocycles. The van der Waals surface area contributed by atoms with Crippen molar-refractivity contribution in [2.24, 2.45) is 0 Å². The van der Waals surface area contributed by atoms with Crippen LogP contribution in [0.25, 0.3) is 5.69 Å². The fraction of sp³-hybridized carbons (Fsp3) is 0.111. The second-order valence-corrected chi connectivity index (χ2v) is 5.96. The Balaban J connectivity index is 1.80. The molecule has 0 aliphatic rings. The SMILES string of the molecule is Cc1c(C(=O)NNc2ccc(C(F)(F)F)cc2[N+](=O)[O-])cnn1-c1ccccc1. The maximum atomic E-state index is 12.8. The lowest BCUT2D eigenvalue weighted by Crippen LogP contribution is -2.30. The summed E-state index contributed by atoms with van der Waals surface area (Å²) in [7, 11) is 0. The van der Waals surface area contributed by atoms with E-state index in [4.69, 9.17) is 0 Å². The summed E-state index contributed by atoms with van der Waals surface area (Å²) >= 11 is 0. The van der Waals surface area contributed by atoms with Crippen LogP contribution in [0.3, 0.4) is 0 Å². The van der Waals surface area contributed by atoms with Gasteiger partial charge < -0.3 is 0 Å². The number of nitro benzene ring substituents is 1. The van der Waals surface area contributed by atoms with E-state index in [1.54, 1.807) is 19.1 Å². The minimum absolute atomic E-state index is 0.191. The Morgan fingerprint density at radius 2 is 1.86 bits per heavy atom. The van der Waals surface area contributed by atoms with Gasteiger partial charge in [-0.2, -0.15) is 18.3 Å². The van der Waals surface area contributed by atoms with Gasteiger partial charge in [0.05, 0.1) is 33.6 Å². The largest absolute Gasteiger partial charge is 0.416 e. The minimum atomic E-state index is -4.73. The minimum Gasteiger partial charge on any atom is -0.292 e. The van der Waals surface area contributed by atoms with Gasteiger partial charge in [-0.3, -0.25) is 25.8 Å². The first-order valence-electron chi connectivity index (χ1n) is 8.20. The molecule has 0 atom stereocenters. The number of amides is 1. The molecule has 0 spiro atoms. The molecule has 1 amide bonds. The number of benzene rings is 2. The van der Waals surface area contributed by atoms with Crippen LogP contribution in [-0.2, 0) is 6.18 Å². The third kappa shape index (κ3) is 4.18. The van der Waals surface area contributed by atoms with Crippen molar-refractivity contribution in [3.63, 3.8) is 0 Å². The summed E-state index contributed by atoms with van der Waals surface area (Å²) < 4.78 is 39.8. The molecule has 150 valence electrons. The zero-order valence-corrected chi connectivity index (χ0v) is 14.9. The van der Waals surface area contributed by atoms with E-state index in [-0.39, 0.29) is 11.3 Å². The van der Waals surface area contributed by atoms with Crippen LogP contribution in [0.2, 0.25) is 0 Å². The first kappa shape index (κ1) is 19.9. The molecule has 3 aromatic rings. The van der Waals surface area contributed by atoms with Crippen molar-refractivity contribution in [1.82, 2.24) is 15.2 Å². The van der Waals surface area contributed by atoms with Gasteiger partial charge in [0.1, 0.15) is 5.69 Å². The molecule has 0 fully saturated rings. The van der Waals surface area contributed by atoms with Crippen molar-refractivity contribution in [3.8, 4) is 5.69 Å². The zero-order valence-electron chi connectivity index (χ0n) is 14.9. The summed E-state index contributed by atoms with van der Waals surface area (Å²) in [6.45, 7) is 1.66. The number of aromatic nitrogens is 2. The number of carbonyl (C=O) groups excluding carboxylic acids is 1. The fourth-order valence-corrected chi connectivity index (χ4v) is 2.62. The molecule has 1 heterocycles. The summed E-state index contributed by atoms with van der Waals surface area (Å²) in [5, 5.41) is 15.2. The number of anilines is 1. The van der Waals surface area contributed by atoms with Crippen molar-refractivity contribution in [3.05, 3.63) is 81.7 Å². The predicted molar refractivity (Wildman–Crippen MR) is 97.5 cm³/mol. The molecular weight excluding hydrogens is 391 g/mol. The van der Waals surface area contributed by atoms with E-state index in [1.165, 1.54) is 10.9 Å². The van der Waals surface area contributed by atoms with Gasteiger partial charge in [0, 0.05) is 6.07 Å². The fourth-order valence-electron chi connectivity index (χ4n) is 2.62. The number of para-hydroxylation sites is 1. The summed E-state index contributed by atoms with van der Waals surface area (Å²) in [5.41, 5.74) is 3.71. The van der Waals surface area contributed by atoms with Gasteiger partial charge in [-0.1, -0.05) is 18.2 Å². The molecule has 0 unspecified atom stereocenters. The van der Waals surface area contributed by atoms with E-state index in [2.05, 4.69) is 16.0 Å². The normalized spacial score (nSPS) is 11.2. The van der Waals surface area contributed by atoms with Crippen LogP contribution >= 0.6 is 0 Å². The van der Waals surface area contributed by atoms with E-state index >= 15 is 0 Å². The Labute approximate surface area is 162 Å². The monoisotopic (exact) mass is 405 g/mol. The van der Waals surface area contributed by atoms with E-state index in [0.717, 1.165) is 11.8 Å². The number of halogens is 3. The van der Waals surface area contributed by atoms with Crippen molar-refractivity contribution < 1.29 is 22.9 Å². The van der Waals surface area contributed by atoms with Crippen LogP contribution in [0.15, 0.2) is 54.7 Å². The molecule has 11 heteroatoms. The number of hydrazine groups is 1. The number of hydrogen-bond acceptors (Lipinski definition) is 5. The summed E-state index contributed by atoms with van der Waals surface area (Å²) in [6.07, 6.45) is -3.41. The average molecular weight is 405 g/mol. The van der Waals surface area contributed by atoms with Crippen molar-refractivity contribution >= 4 is 17.3 Å². The first-order valence-corrected chi connectivity index (χ1v) is 8.20. The molecule has 2 N–H and O–H groups in total. The number of nitrogens with zero attached hydrogens (tertiary/aromatic N) is 3. The van der Waals surface area contributed by atoms with Crippen LogP contribution in [0.5, 0.6) is 0 Å². The molecule has 0 bridgehead atoms. The number of nitro groups is 1. The zero-order chi connectivity index (χ0) is 21.2. The molecule has 8 nitrogen and oxygen atoms in total. The number of alkyl halides is 3. The lowest BCUT2D eigenvalue weighted by Gasteiger charge is -2.11. The molecular formula is C18H14F3N5O3. The van der Waals surface area contributed by atoms with Gasteiger partial charge >= 0.3 is 6.18 Å². The number of nitrogens with one attached hydrogen (secondary N) is 2. The summed E-state index contributed by atoms with van der Waals surface area (Å²) in [6, 6.07) is 11.0. The van der Waals surface area contributed by atoms with Crippen LogP contribution in [0, 0.1) is 17.0 Å². The van der Waals surface area contributed by atoms with Gasteiger partial charge in [0.2, 0.25) is 0 Å². The third-order valence-electron chi connectivity index (χ3n) is 4.09. The average Bonchev–Trinajstić information content (AvgIpc) is 3.07. The van der Waals surface area contributed by atoms with Gasteiger partial charge in [-0.15, -0.1) is 0 Å². The van der Waals surface area contributed by atoms with Crippen molar-refractivity contribution in [2.75, 3.05) is 5.43 Å². The lowest BCUT2D eigenvalue weighted by atomic mass is 10.1. The highest BCUT2D eigenvalue weighted by Gasteiger charge is 2.33. The Hall–Kier alpha value is -3.89. The highest BCUT2D eigenvalue weighted by atomic mass is 19.4. The first-order chi connectivity index (χ1) is 13.7. The maximum Gasteiger partial charge on any atom is 0.416 e. The van der Waals surface area contributed by atoms with Crippen LogP contribution in [-0.4, -0.2) is 20.6 Å². The quantitative estimate of drug-likeness (QED) is 0.496. The molecule has 3 rings (SSSR count). The molecule has 0 saturated heterocycles. The second kappa shape index (κ2) is 7.62. The molecule has 1 aromatic heterocycles. The predicted octanol–water partition coefficient (Wildman–Crippen LogP) is 3.86. The Morgan fingerprint density at radius 3 is 2.48 bits per heavy atom. The van der Waals surface area contributed by atoms with Crippen molar-refractivity contribution in [2.45, 2.75) is 13.1 Å². The number of carbonyl (C=O) groups is 1. The van der Waals surface area contributed by atoms with Gasteiger partial charge in [-0.05, 0) is 31.2 Å². The van der Waals surface area contributed by atoms with Crippen molar-refractivity contribution in [1.29, 1.82) is 0 Å². The Kier molecular flexibility index (Phi) is 5.22. The second-order valence-electron chi connectivity index (χ2n) is 5.96. The van der Waals surface area contributed by atoms with Gasteiger partial charge in [0.25, 0.3) is 11.6 Å². The summed E-state index contributed by atoms with van der Waals surface area (Å²) in [5.74, 6) is -0.654. The highest BCUT2D eigenvalue weighted by molar-refractivity contribution is 5.96. The number of hydrogen-bond donors (Lipinski definition) is 2. The van der Waals surface area contributed by atoms with E-state index < -0.39 is 28.3 Å². The molecule has 2 aromatic carbocycles. The molecule has 0 radical (unpaired) electrons. The van der Waals surface area contributed by atoms with Crippen LogP contribution in [0.4, 0.5) is 24.5 Å². The maximum absolute atomic E-state index is 12.8. The smallest absolute Gasteiger partial charge is 0.292 e. The summed E-state index contributed by atoms with van der Waals surface area (Å²) in [4.78, 5) is 22.5. The van der Waals surface area contributed by atoms with E-state index in [0.29, 0.717) is 17.8 Å².